The Labute approximate surface area is 125 Å². The minimum Gasteiger partial charge on any atom is -0.354 e. The van der Waals surface area contributed by atoms with Crippen molar-refractivity contribution in [1.29, 1.82) is 0 Å². The molecule has 1 aliphatic rings. The third-order valence-electron chi connectivity index (χ3n) is 4.22. The summed E-state index contributed by atoms with van der Waals surface area (Å²) in [4.78, 5) is 9.47. The lowest BCUT2D eigenvalue weighted by molar-refractivity contribution is 0.247. The Morgan fingerprint density at radius 1 is 1.45 bits per heavy atom. The molecular weight excluding hydrogens is 272 g/mol. The van der Waals surface area contributed by atoms with E-state index in [-0.39, 0.29) is 0 Å². The molecule has 0 N–H and O–H groups in total. The van der Waals surface area contributed by atoms with Gasteiger partial charge in [-0.3, -0.25) is 0 Å². The van der Waals surface area contributed by atoms with Gasteiger partial charge in [0.05, 0.1) is 11.6 Å². The fraction of sp³-hybridized carbons (Fsp3) is 0.533. The highest BCUT2D eigenvalue weighted by molar-refractivity contribution is 6.17. The number of likely N-dealkylation sites (tertiary alicyclic amines) is 1. The van der Waals surface area contributed by atoms with E-state index in [0.29, 0.717) is 11.9 Å². The van der Waals surface area contributed by atoms with Crippen LogP contribution in [0.1, 0.15) is 18.5 Å². The highest BCUT2D eigenvalue weighted by Crippen LogP contribution is 2.26. The van der Waals surface area contributed by atoms with Gasteiger partial charge < -0.3 is 14.2 Å². The molecule has 3 rings (SSSR count). The maximum atomic E-state index is 6.17. The van der Waals surface area contributed by atoms with E-state index in [1.54, 1.807) is 0 Å². The Hall–Kier alpha value is -1.26. The molecule has 1 aliphatic heterocycles. The fourth-order valence-electron chi connectivity index (χ4n) is 3.07. The molecule has 0 aliphatic carbocycles. The zero-order valence-corrected chi connectivity index (χ0v) is 12.8. The predicted octanol–water partition coefficient (Wildman–Crippen LogP) is 2.60. The minimum atomic E-state index is 0.480. The summed E-state index contributed by atoms with van der Waals surface area (Å²) < 4.78 is 2.09. The van der Waals surface area contributed by atoms with E-state index >= 15 is 0 Å². The van der Waals surface area contributed by atoms with Crippen molar-refractivity contribution in [2.24, 2.45) is 0 Å². The summed E-state index contributed by atoms with van der Waals surface area (Å²) in [5.41, 5.74) is 2.05. The Morgan fingerprint density at radius 2 is 2.30 bits per heavy atom. The van der Waals surface area contributed by atoms with E-state index in [1.807, 2.05) is 24.4 Å². The minimum absolute atomic E-state index is 0.480. The third-order valence-corrected chi connectivity index (χ3v) is 4.47. The summed E-state index contributed by atoms with van der Waals surface area (Å²) in [7, 11) is 4.33. The van der Waals surface area contributed by atoms with Gasteiger partial charge in [0, 0.05) is 25.8 Å². The number of anilines is 1. The van der Waals surface area contributed by atoms with Crippen molar-refractivity contribution in [3.05, 3.63) is 30.1 Å². The van der Waals surface area contributed by atoms with Crippen LogP contribution in [0.4, 0.5) is 5.82 Å². The summed E-state index contributed by atoms with van der Waals surface area (Å²) in [5, 5.41) is 0. The lowest BCUT2D eigenvalue weighted by Gasteiger charge is -2.36. The Kier molecular flexibility index (Phi) is 3.85. The van der Waals surface area contributed by atoms with Gasteiger partial charge in [-0.15, -0.1) is 11.6 Å². The number of fused-ring (bicyclic) bond motifs is 1. The number of aromatic nitrogens is 2. The number of alkyl halides is 1. The Morgan fingerprint density at radius 3 is 3.05 bits per heavy atom. The van der Waals surface area contributed by atoms with Crippen molar-refractivity contribution in [1.82, 2.24) is 14.3 Å². The standard InChI is InChI=1S/C15H21ClN4/c1-18-8-5-6-12(11-18)19(2)15-13(10-16)20-9-4-3-7-14(20)17-15/h3-4,7,9,12H,5-6,8,10-11H2,1-2H3. The quantitative estimate of drug-likeness (QED) is 0.813. The van der Waals surface area contributed by atoms with E-state index in [1.165, 1.54) is 19.4 Å². The van der Waals surface area contributed by atoms with Gasteiger partial charge in [-0.25, -0.2) is 4.98 Å². The van der Waals surface area contributed by atoms with Crippen molar-refractivity contribution in [3.63, 3.8) is 0 Å². The molecule has 0 radical (unpaired) electrons. The Balaban J connectivity index is 1.96. The number of rotatable bonds is 3. The van der Waals surface area contributed by atoms with E-state index in [2.05, 4.69) is 28.3 Å². The maximum absolute atomic E-state index is 6.17. The summed E-state index contributed by atoms with van der Waals surface area (Å²) in [6, 6.07) is 6.57. The molecule has 108 valence electrons. The zero-order chi connectivity index (χ0) is 14.1. The van der Waals surface area contributed by atoms with Gasteiger partial charge in [-0.2, -0.15) is 0 Å². The lowest BCUT2D eigenvalue weighted by atomic mass is 10.1. The van der Waals surface area contributed by atoms with Crippen LogP contribution in [0.2, 0.25) is 0 Å². The second-order valence-corrected chi connectivity index (χ2v) is 5.88. The van der Waals surface area contributed by atoms with Gasteiger partial charge in [-0.1, -0.05) is 6.07 Å². The van der Waals surface area contributed by atoms with Crippen molar-refractivity contribution in [2.75, 3.05) is 32.1 Å². The monoisotopic (exact) mass is 292 g/mol. The number of hydrogen-bond donors (Lipinski definition) is 0. The van der Waals surface area contributed by atoms with Crippen LogP contribution in [0.3, 0.4) is 0 Å². The Bertz CT molecular complexity index is 595. The molecule has 1 fully saturated rings. The van der Waals surface area contributed by atoms with Crippen molar-refractivity contribution >= 4 is 23.1 Å². The van der Waals surface area contributed by atoms with Crippen LogP contribution in [-0.2, 0) is 5.88 Å². The first-order chi connectivity index (χ1) is 9.70. The summed E-state index contributed by atoms with van der Waals surface area (Å²) in [6.45, 7) is 2.28. The molecule has 5 heteroatoms. The van der Waals surface area contributed by atoms with E-state index in [9.17, 15) is 0 Å². The zero-order valence-electron chi connectivity index (χ0n) is 12.1. The second kappa shape index (κ2) is 5.62. The molecule has 1 saturated heterocycles. The van der Waals surface area contributed by atoms with Crippen LogP contribution in [-0.4, -0.2) is 47.5 Å². The highest BCUT2D eigenvalue weighted by Gasteiger charge is 2.25. The molecule has 20 heavy (non-hydrogen) atoms. The lowest BCUT2D eigenvalue weighted by Crippen LogP contribution is -2.45. The smallest absolute Gasteiger partial charge is 0.152 e. The van der Waals surface area contributed by atoms with Crippen molar-refractivity contribution < 1.29 is 0 Å². The van der Waals surface area contributed by atoms with Gasteiger partial charge in [0.2, 0.25) is 0 Å². The number of piperidine rings is 1. The van der Waals surface area contributed by atoms with Gasteiger partial charge >= 0.3 is 0 Å². The number of halogens is 1. The number of pyridine rings is 1. The highest BCUT2D eigenvalue weighted by atomic mass is 35.5. The average molecular weight is 293 g/mol. The third kappa shape index (κ3) is 2.38. The first-order valence-electron chi connectivity index (χ1n) is 7.14. The first kappa shape index (κ1) is 13.7. The molecule has 4 nitrogen and oxygen atoms in total. The van der Waals surface area contributed by atoms with Crippen LogP contribution in [0.25, 0.3) is 5.65 Å². The molecule has 0 bridgehead atoms. The van der Waals surface area contributed by atoms with Crippen LogP contribution in [0.15, 0.2) is 24.4 Å². The number of nitrogens with zero attached hydrogens (tertiary/aromatic N) is 4. The molecular formula is C15H21ClN4. The van der Waals surface area contributed by atoms with Gasteiger partial charge in [-0.05, 0) is 38.6 Å². The molecule has 2 aromatic rings. The molecule has 0 spiro atoms. The molecule has 0 saturated carbocycles. The number of likely N-dealkylation sites (N-methyl/N-ethyl adjacent to an activating group) is 2. The van der Waals surface area contributed by atoms with Crippen LogP contribution < -0.4 is 4.90 Å². The molecule has 1 atom stereocenters. The van der Waals surface area contributed by atoms with Crippen molar-refractivity contribution in [3.8, 4) is 0 Å². The molecule has 0 aromatic carbocycles. The van der Waals surface area contributed by atoms with Crippen LogP contribution in [0.5, 0.6) is 0 Å². The van der Waals surface area contributed by atoms with Gasteiger partial charge in [0.1, 0.15) is 5.65 Å². The topological polar surface area (TPSA) is 23.8 Å². The number of imidazole rings is 1. The molecule has 1 unspecified atom stereocenters. The van der Waals surface area contributed by atoms with Gasteiger partial charge in [0.15, 0.2) is 5.82 Å². The fourth-order valence-corrected chi connectivity index (χ4v) is 3.32. The average Bonchev–Trinajstić information content (AvgIpc) is 2.85. The maximum Gasteiger partial charge on any atom is 0.152 e. The first-order valence-corrected chi connectivity index (χ1v) is 7.67. The SMILES string of the molecule is CN1CCCC(N(C)c2nc3ccccn3c2CCl)C1. The van der Waals surface area contributed by atoms with E-state index < -0.39 is 0 Å². The molecule has 0 amide bonds. The summed E-state index contributed by atoms with van der Waals surface area (Å²) in [5.74, 6) is 1.50. The predicted molar refractivity (Wildman–Crippen MR) is 83.7 cm³/mol. The van der Waals surface area contributed by atoms with E-state index in [4.69, 9.17) is 16.6 Å². The van der Waals surface area contributed by atoms with Gasteiger partial charge in [0.25, 0.3) is 0 Å². The molecule has 2 aromatic heterocycles. The summed E-state index contributed by atoms with van der Waals surface area (Å²) >= 11 is 6.17. The van der Waals surface area contributed by atoms with Crippen LogP contribution in [0, 0.1) is 0 Å². The normalized spacial score (nSPS) is 20.4. The summed E-state index contributed by atoms with van der Waals surface area (Å²) in [6.07, 6.45) is 4.50. The van der Waals surface area contributed by atoms with E-state index in [0.717, 1.165) is 23.7 Å². The number of hydrogen-bond acceptors (Lipinski definition) is 3. The van der Waals surface area contributed by atoms with Crippen LogP contribution >= 0.6 is 11.6 Å². The molecule has 3 heterocycles. The second-order valence-electron chi connectivity index (χ2n) is 5.61. The van der Waals surface area contributed by atoms with Crippen molar-refractivity contribution in [2.45, 2.75) is 24.8 Å². The largest absolute Gasteiger partial charge is 0.354 e.